The van der Waals surface area contributed by atoms with Crippen molar-refractivity contribution in [2.45, 2.75) is 33.2 Å². The summed E-state index contributed by atoms with van der Waals surface area (Å²) in [4.78, 5) is 9.60. The predicted octanol–water partition coefficient (Wildman–Crippen LogP) is 0.675. The third kappa shape index (κ3) is 3.21. The quantitative estimate of drug-likeness (QED) is 0.819. The van der Waals surface area contributed by atoms with Crippen LogP contribution in [0.4, 0.5) is 5.95 Å². The molecule has 20 heavy (non-hydrogen) atoms. The SMILES string of the molecule is CCC(C(N)=S)N1CCN(c2nnc(C)c(C)n2)CC1. The van der Waals surface area contributed by atoms with Crippen LogP contribution in [0.15, 0.2) is 0 Å². The molecule has 1 aromatic heterocycles. The lowest BCUT2D eigenvalue weighted by molar-refractivity contribution is 0.223. The Labute approximate surface area is 125 Å². The number of aromatic nitrogens is 3. The van der Waals surface area contributed by atoms with Crippen molar-refractivity contribution >= 4 is 23.2 Å². The largest absolute Gasteiger partial charge is 0.392 e. The molecule has 0 radical (unpaired) electrons. The van der Waals surface area contributed by atoms with E-state index in [4.69, 9.17) is 18.0 Å². The number of hydrogen-bond acceptors (Lipinski definition) is 6. The molecular formula is C13H22N6S. The van der Waals surface area contributed by atoms with Crippen LogP contribution >= 0.6 is 12.2 Å². The van der Waals surface area contributed by atoms with E-state index in [1.54, 1.807) is 0 Å². The number of piperazine rings is 1. The molecule has 1 aliphatic heterocycles. The van der Waals surface area contributed by atoms with Crippen molar-refractivity contribution in [2.75, 3.05) is 31.1 Å². The van der Waals surface area contributed by atoms with Crippen LogP contribution in [0.2, 0.25) is 0 Å². The van der Waals surface area contributed by atoms with Crippen LogP contribution in [0.5, 0.6) is 0 Å². The van der Waals surface area contributed by atoms with Crippen molar-refractivity contribution in [2.24, 2.45) is 5.73 Å². The summed E-state index contributed by atoms with van der Waals surface area (Å²) in [5.74, 6) is 0.719. The second kappa shape index (κ2) is 6.41. The molecule has 0 bridgehead atoms. The second-order valence-electron chi connectivity index (χ2n) is 5.13. The normalized spacial score (nSPS) is 18.1. The standard InChI is InChI=1S/C13H22N6S/c1-4-11(12(14)20)18-5-7-19(8-6-18)13-15-9(2)10(3)16-17-13/h11H,4-8H2,1-3H3,(H2,14,20). The maximum absolute atomic E-state index is 5.80. The van der Waals surface area contributed by atoms with Crippen LogP contribution < -0.4 is 10.6 Å². The number of thiocarbonyl (C=S) groups is 1. The molecule has 0 aromatic carbocycles. The molecular weight excluding hydrogens is 272 g/mol. The van der Waals surface area contributed by atoms with E-state index in [0.717, 1.165) is 49.9 Å². The van der Waals surface area contributed by atoms with Crippen molar-refractivity contribution in [3.8, 4) is 0 Å². The fraction of sp³-hybridized carbons (Fsp3) is 0.692. The van der Waals surface area contributed by atoms with Crippen LogP contribution in [-0.4, -0.2) is 57.3 Å². The van der Waals surface area contributed by atoms with Gasteiger partial charge >= 0.3 is 0 Å². The van der Waals surface area contributed by atoms with E-state index in [1.807, 2.05) is 13.8 Å². The zero-order valence-electron chi connectivity index (χ0n) is 12.3. The molecule has 0 saturated carbocycles. The summed E-state index contributed by atoms with van der Waals surface area (Å²) in [5, 5.41) is 8.33. The molecule has 1 aromatic rings. The summed E-state index contributed by atoms with van der Waals surface area (Å²) in [6.07, 6.45) is 0.955. The smallest absolute Gasteiger partial charge is 0.245 e. The third-order valence-electron chi connectivity index (χ3n) is 3.83. The van der Waals surface area contributed by atoms with Crippen LogP contribution in [-0.2, 0) is 0 Å². The predicted molar refractivity (Wildman–Crippen MR) is 84.0 cm³/mol. The lowest BCUT2D eigenvalue weighted by Gasteiger charge is -2.38. The molecule has 2 rings (SSSR count). The Bertz CT molecular complexity index is 484. The molecule has 0 spiro atoms. The van der Waals surface area contributed by atoms with Crippen LogP contribution in [0.1, 0.15) is 24.7 Å². The molecule has 1 unspecified atom stereocenters. The van der Waals surface area contributed by atoms with Gasteiger partial charge in [0, 0.05) is 26.2 Å². The van der Waals surface area contributed by atoms with Gasteiger partial charge in [-0.1, -0.05) is 19.1 Å². The number of hydrogen-bond donors (Lipinski definition) is 1. The van der Waals surface area contributed by atoms with E-state index in [-0.39, 0.29) is 6.04 Å². The highest BCUT2D eigenvalue weighted by Gasteiger charge is 2.25. The van der Waals surface area contributed by atoms with E-state index in [1.165, 1.54) is 0 Å². The molecule has 6 nitrogen and oxygen atoms in total. The van der Waals surface area contributed by atoms with Gasteiger partial charge in [0.15, 0.2) is 0 Å². The molecule has 1 saturated heterocycles. The Hall–Kier alpha value is -1.34. The minimum Gasteiger partial charge on any atom is -0.392 e. The first-order valence-corrected chi connectivity index (χ1v) is 7.40. The highest BCUT2D eigenvalue weighted by Crippen LogP contribution is 2.14. The van der Waals surface area contributed by atoms with Crippen molar-refractivity contribution < 1.29 is 0 Å². The van der Waals surface area contributed by atoms with E-state index in [0.29, 0.717) is 4.99 Å². The Balaban J connectivity index is 2.00. The molecule has 0 amide bonds. The maximum atomic E-state index is 5.80. The van der Waals surface area contributed by atoms with Crippen LogP contribution in [0.25, 0.3) is 0 Å². The van der Waals surface area contributed by atoms with Gasteiger partial charge in [-0.3, -0.25) is 4.90 Å². The fourth-order valence-electron chi connectivity index (χ4n) is 2.45. The molecule has 1 aliphatic rings. The van der Waals surface area contributed by atoms with E-state index >= 15 is 0 Å². The van der Waals surface area contributed by atoms with E-state index < -0.39 is 0 Å². The van der Waals surface area contributed by atoms with Crippen molar-refractivity contribution in [1.82, 2.24) is 20.1 Å². The lowest BCUT2D eigenvalue weighted by Crippen LogP contribution is -2.54. The van der Waals surface area contributed by atoms with Gasteiger partial charge in [0.25, 0.3) is 0 Å². The van der Waals surface area contributed by atoms with Gasteiger partial charge in [-0.15, -0.1) is 5.10 Å². The van der Waals surface area contributed by atoms with Crippen molar-refractivity contribution in [3.05, 3.63) is 11.4 Å². The topological polar surface area (TPSA) is 71.2 Å². The summed E-state index contributed by atoms with van der Waals surface area (Å²) < 4.78 is 0. The average Bonchev–Trinajstić information content (AvgIpc) is 2.43. The van der Waals surface area contributed by atoms with Gasteiger partial charge in [0.05, 0.1) is 22.4 Å². The van der Waals surface area contributed by atoms with E-state index in [2.05, 4.69) is 31.9 Å². The van der Waals surface area contributed by atoms with Gasteiger partial charge in [0.1, 0.15) is 0 Å². The van der Waals surface area contributed by atoms with Crippen LogP contribution in [0, 0.1) is 13.8 Å². The second-order valence-corrected chi connectivity index (χ2v) is 5.60. The molecule has 1 atom stereocenters. The van der Waals surface area contributed by atoms with Gasteiger partial charge in [-0.25, -0.2) is 4.98 Å². The summed E-state index contributed by atoms with van der Waals surface area (Å²) in [6, 6.07) is 0.200. The number of anilines is 1. The van der Waals surface area contributed by atoms with Gasteiger partial charge < -0.3 is 10.6 Å². The van der Waals surface area contributed by atoms with Crippen LogP contribution in [0.3, 0.4) is 0 Å². The number of rotatable bonds is 4. The maximum Gasteiger partial charge on any atom is 0.245 e. The third-order valence-corrected chi connectivity index (χ3v) is 4.11. The zero-order valence-corrected chi connectivity index (χ0v) is 13.2. The Kier molecular flexibility index (Phi) is 4.82. The monoisotopic (exact) mass is 294 g/mol. The number of aryl methyl sites for hydroxylation is 2. The minimum atomic E-state index is 0.200. The summed E-state index contributed by atoms with van der Waals surface area (Å²) in [6.45, 7) is 9.60. The summed E-state index contributed by atoms with van der Waals surface area (Å²) >= 11 is 5.14. The average molecular weight is 294 g/mol. The minimum absolute atomic E-state index is 0.200. The molecule has 2 N–H and O–H groups in total. The Morgan fingerprint density at radius 1 is 1.20 bits per heavy atom. The summed E-state index contributed by atoms with van der Waals surface area (Å²) in [5.41, 5.74) is 7.62. The van der Waals surface area contributed by atoms with Crippen molar-refractivity contribution in [3.63, 3.8) is 0 Å². The highest BCUT2D eigenvalue weighted by molar-refractivity contribution is 7.80. The molecule has 1 fully saturated rings. The number of nitrogens with zero attached hydrogens (tertiary/aromatic N) is 5. The number of nitrogens with two attached hydrogens (primary N) is 1. The van der Waals surface area contributed by atoms with Gasteiger partial charge in [-0.2, -0.15) is 5.10 Å². The van der Waals surface area contributed by atoms with Gasteiger partial charge in [0.2, 0.25) is 5.95 Å². The molecule has 110 valence electrons. The lowest BCUT2D eigenvalue weighted by atomic mass is 10.1. The Morgan fingerprint density at radius 2 is 1.85 bits per heavy atom. The highest BCUT2D eigenvalue weighted by atomic mass is 32.1. The first kappa shape index (κ1) is 15.1. The zero-order chi connectivity index (χ0) is 14.7. The van der Waals surface area contributed by atoms with Crippen molar-refractivity contribution in [1.29, 1.82) is 0 Å². The molecule has 0 aliphatic carbocycles. The first-order valence-electron chi connectivity index (χ1n) is 6.99. The molecule has 7 heteroatoms. The van der Waals surface area contributed by atoms with E-state index in [9.17, 15) is 0 Å². The fourth-order valence-corrected chi connectivity index (χ4v) is 2.77. The molecule has 2 heterocycles. The first-order chi connectivity index (χ1) is 9.52. The summed E-state index contributed by atoms with van der Waals surface area (Å²) in [7, 11) is 0. The Morgan fingerprint density at radius 3 is 2.35 bits per heavy atom. The van der Waals surface area contributed by atoms with Gasteiger partial charge in [-0.05, 0) is 20.3 Å².